The zero-order chi connectivity index (χ0) is 79.7. The maximum absolute atomic E-state index is 15.1. The van der Waals surface area contributed by atoms with Crippen LogP contribution in [0.4, 0.5) is 0 Å². The summed E-state index contributed by atoms with van der Waals surface area (Å²) in [5.41, 5.74) is 30.8. The number of aliphatic hydroxyl groups is 3. The SMILES string of the molecule is C=C(N[C@@H](CCCN=C(N)N)C(=O)NC(Cc1c[nH]c2ccccc12)C(=O)NCC(=O)NC(CCCCN)C(=O)N1CCCC1C(=O)N[C@H](C(N)=O)C(C)C)[C@H](Cc1ccccc1)NC(=O)C(Cc1cnc[nH]1)NC(=O)[C@H](CO)NC(=O)C(NC(=O)[C@@H](NC(=O)C(CO)NC(=O)[C@@H](N)CO)[C@H](C)CC)[C@H](C)CC. The van der Waals surface area contributed by atoms with Crippen LogP contribution in [0, 0.1) is 17.8 Å². The molecule has 3 heterocycles. The molecule has 1 saturated heterocycles. The Balaban J connectivity index is 1.41. The number of guanidine groups is 1. The van der Waals surface area contributed by atoms with Gasteiger partial charge in [-0.05, 0) is 92.9 Å². The second kappa shape index (κ2) is 44.5. The number of carbonyl (C=O) groups excluding carboxylic acids is 12. The van der Waals surface area contributed by atoms with Gasteiger partial charge in [0.05, 0.1) is 38.7 Å². The van der Waals surface area contributed by atoms with E-state index < -0.39 is 182 Å². The first-order valence-corrected chi connectivity index (χ1v) is 36.4. The molecule has 36 heteroatoms. The molecule has 26 N–H and O–H groups in total. The molecule has 6 unspecified atom stereocenters. The van der Waals surface area contributed by atoms with Crippen LogP contribution in [0.3, 0.4) is 0 Å². The Morgan fingerprint density at radius 2 is 1.17 bits per heavy atom. The average molecular weight is 1510 g/mol. The van der Waals surface area contributed by atoms with Crippen LogP contribution in [0.1, 0.15) is 116 Å². The smallest absolute Gasteiger partial charge is 0.245 e. The molecule has 0 radical (unpaired) electrons. The Bertz CT molecular complexity index is 3690. The van der Waals surface area contributed by atoms with Crippen LogP contribution in [-0.4, -0.2) is 231 Å². The van der Waals surface area contributed by atoms with E-state index in [1.165, 1.54) is 17.4 Å². The van der Waals surface area contributed by atoms with Crippen LogP contribution in [-0.2, 0) is 76.8 Å². The number of hydrogen-bond acceptors (Lipinski definition) is 20. The van der Waals surface area contributed by atoms with Crippen molar-refractivity contribution in [3.05, 3.63) is 102 Å². The van der Waals surface area contributed by atoms with Gasteiger partial charge in [0.1, 0.15) is 66.5 Å². The summed E-state index contributed by atoms with van der Waals surface area (Å²) in [7, 11) is 0. The zero-order valence-corrected chi connectivity index (χ0v) is 62.2. The van der Waals surface area contributed by atoms with E-state index in [-0.39, 0.29) is 69.2 Å². The second-order valence-corrected chi connectivity index (χ2v) is 27.4. The van der Waals surface area contributed by atoms with Crippen molar-refractivity contribution in [1.82, 2.24) is 78.3 Å². The molecule has 14 atom stereocenters. The third kappa shape index (κ3) is 27.0. The highest BCUT2D eigenvalue weighted by molar-refractivity contribution is 5.99. The first-order valence-electron chi connectivity index (χ1n) is 36.4. The molecule has 0 bridgehead atoms. The molecule has 0 spiro atoms. The Hall–Kier alpha value is -10.6. The number of imidazole rings is 1. The lowest BCUT2D eigenvalue weighted by Crippen LogP contribution is -2.62. The van der Waals surface area contributed by atoms with Gasteiger partial charge in [-0.25, -0.2) is 4.98 Å². The molecule has 2 aromatic heterocycles. The number of benzene rings is 2. The van der Waals surface area contributed by atoms with Gasteiger partial charge in [-0.1, -0.05) is 109 Å². The number of nitrogens with one attached hydrogen (secondary N) is 13. The van der Waals surface area contributed by atoms with E-state index in [9.17, 15) is 63.3 Å². The molecule has 2 aromatic carbocycles. The lowest BCUT2D eigenvalue weighted by atomic mass is 9.94. The fourth-order valence-corrected chi connectivity index (χ4v) is 12.1. The first kappa shape index (κ1) is 88.1. The van der Waals surface area contributed by atoms with Gasteiger partial charge in [0.15, 0.2) is 5.96 Å². The number of rotatable bonds is 47. The molecule has 12 amide bonds. The predicted octanol–water partition coefficient (Wildman–Crippen LogP) is -4.42. The van der Waals surface area contributed by atoms with Gasteiger partial charge in [0, 0.05) is 60.6 Å². The highest BCUT2D eigenvalue weighted by atomic mass is 16.3. The van der Waals surface area contributed by atoms with Crippen molar-refractivity contribution in [2.45, 2.75) is 191 Å². The minimum absolute atomic E-state index is 0.0159. The number of para-hydroxylation sites is 1. The van der Waals surface area contributed by atoms with Crippen LogP contribution in [0.15, 0.2) is 90.6 Å². The fraction of sp³-hybridized carbons (Fsp3) is 0.556. The number of fused-ring (bicyclic) bond motifs is 1. The molecule has 1 fully saturated rings. The number of primary amides is 1. The Morgan fingerprint density at radius 3 is 1.76 bits per heavy atom. The molecule has 36 nitrogen and oxygen atoms in total. The van der Waals surface area contributed by atoms with Gasteiger partial charge in [0.25, 0.3) is 0 Å². The summed E-state index contributed by atoms with van der Waals surface area (Å²) < 4.78 is 0. The second-order valence-electron chi connectivity index (χ2n) is 27.4. The largest absolute Gasteiger partial charge is 0.394 e. The number of amides is 12. The minimum Gasteiger partial charge on any atom is -0.394 e. The quantitative estimate of drug-likeness (QED) is 0.0113. The number of aromatic nitrogens is 3. The van der Waals surface area contributed by atoms with Gasteiger partial charge in [-0.2, -0.15) is 0 Å². The summed E-state index contributed by atoms with van der Waals surface area (Å²) in [5.74, 6) is -11.5. The number of hydrogen-bond donors (Lipinski definition) is 21. The molecular weight excluding hydrogens is 1400 g/mol. The number of nitrogens with zero attached hydrogens (tertiary/aromatic N) is 3. The Morgan fingerprint density at radius 1 is 0.602 bits per heavy atom. The number of H-pyrrole nitrogens is 2. The lowest BCUT2D eigenvalue weighted by molar-refractivity contribution is -0.142. The molecule has 108 heavy (non-hydrogen) atoms. The van der Waals surface area contributed by atoms with E-state index in [1.807, 2.05) is 18.2 Å². The number of aromatic amines is 2. The zero-order valence-electron chi connectivity index (χ0n) is 62.2. The molecule has 0 saturated carbocycles. The van der Waals surface area contributed by atoms with Gasteiger partial charge in [0.2, 0.25) is 70.9 Å². The number of unbranched alkanes of at least 4 members (excludes halogenated alkanes) is 1. The van der Waals surface area contributed by atoms with E-state index in [0.29, 0.717) is 61.9 Å². The normalized spacial score (nSPS) is 16.3. The van der Waals surface area contributed by atoms with Gasteiger partial charge in [-0.15, -0.1) is 0 Å². The summed E-state index contributed by atoms with van der Waals surface area (Å²) in [5, 5.41) is 60.4. The maximum atomic E-state index is 15.1. The maximum Gasteiger partial charge on any atom is 0.245 e. The van der Waals surface area contributed by atoms with Crippen molar-refractivity contribution in [2.75, 3.05) is 46.0 Å². The fourth-order valence-electron chi connectivity index (χ4n) is 12.1. The number of nitrogens with two attached hydrogens (primary N) is 5. The third-order valence-electron chi connectivity index (χ3n) is 18.8. The molecule has 5 rings (SSSR count). The molecule has 4 aromatic rings. The Kier molecular flexibility index (Phi) is 36.3. The van der Waals surface area contributed by atoms with Crippen LogP contribution in [0.25, 0.3) is 10.9 Å². The average Bonchev–Trinajstić information content (AvgIpc) is 1.67. The van der Waals surface area contributed by atoms with E-state index >= 15 is 9.59 Å². The lowest BCUT2D eigenvalue weighted by Gasteiger charge is -2.31. The summed E-state index contributed by atoms with van der Waals surface area (Å²) in [6.07, 6.45) is 6.67. The van der Waals surface area contributed by atoms with E-state index in [1.54, 1.807) is 84.1 Å². The van der Waals surface area contributed by atoms with Crippen molar-refractivity contribution < 1.29 is 72.9 Å². The van der Waals surface area contributed by atoms with Crippen LogP contribution in [0.5, 0.6) is 0 Å². The van der Waals surface area contributed by atoms with Crippen molar-refractivity contribution in [2.24, 2.45) is 51.4 Å². The number of carbonyl (C=O) groups is 12. The van der Waals surface area contributed by atoms with Gasteiger partial charge < -0.3 is 117 Å². The summed E-state index contributed by atoms with van der Waals surface area (Å²) in [6.45, 7) is 11.7. The number of aliphatic hydroxyl groups excluding tert-OH is 3. The summed E-state index contributed by atoms with van der Waals surface area (Å²) in [4.78, 5) is 183. The molecule has 1 aliphatic rings. The predicted molar refractivity (Wildman–Crippen MR) is 401 cm³/mol. The highest BCUT2D eigenvalue weighted by Gasteiger charge is 2.41. The van der Waals surface area contributed by atoms with E-state index in [0.717, 1.165) is 10.9 Å². The molecule has 594 valence electrons. The van der Waals surface area contributed by atoms with Gasteiger partial charge >= 0.3 is 0 Å². The van der Waals surface area contributed by atoms with E-state index in [4.69, 9.17) is 28.7 Å². The number of aliphatic imine (C=N–C) groups is 1. The molecule has 0 aliphatic carbocycles. The summed E-state index contributed by atoms with van der Waals surface area (Å²) >= 11 is 0. The standard InChI is InChI=1S/C72H111N21O15/c1-8-40(5)59(92-70(107)60(41(6)9-2)91-67(104)55(37-96)88-62(99)47(74)35-94)69(106)89-54(36-95)66(103)87-53(31-45-33-78-38-82-45)65(102)85-51(29-43-19-11-10-12-20-43)42(7)83-49(24-17-27-79-72(76)77)64(101)86-52(30-44-32-80-48-22-14-13-21-46(44)48)63(100)81-34-57(97)84-50(23-15-16-26-73)71(108)93-28-18-25-56(93)68(105)90-58(39(3)4)61(75)98/h10-14,19-22,32-33,38-41,47,49-56,58-60,80,83,94-96H,7-9,15-18,23-31,34-37,73-74H2,1-6H3,(H2,75,98)(H,78,82)(H,81,100)(H,84,97)(H,85,102)(H,86,101)(H,87,103)(H,88,99)(H,89,106)(H,90,105)(H,91,104)(H,92,107)(H4,76,77,79)/t40-,41-,47+,49+,50?,51+,52?,53?,54+,55?,56?,58+,59?,60+/m1/s1. The minimum atomic E-state index is -1.75. The topological polar surface area (TPSA) is 588 Å². The van der Waals surface area contributed by atoms with Crippen molar-refractivity contribution in [3.63, 3.8) is 0 Å². The first-order chi connectivity index (χ1) is 51.5. The van der Waals surface area contributed by atoms with Crippen LogP contribution < -0.4 is 87.2 Å². The van der Waals surface area contributed by atoms with Crippen molar-refractivity contribution in [1.29, 1.82) is 0 Å². The van der Waals surface area contributed by atoms with Gasteiger partial charge in [-0.3, -0.25) is 62.5 Å². The van der Waals surface area contributed by atoms with E-state index in [2.05, 4.69) is 85.0 Å². The Labute approximate surface area is 627 Å². The number of likely N-dealkylation sites (tertiary alicyclic amines) is 1. The van der Waals surface area contributed by atoms with Crippen molar-refractivity contribution in [3.8, 4) is 0 Å². The van der Waals surface area contributed by atoms with Crippen LogP contribution >= 0.6 is 0 Å². The molecule has 1 aliphatic heterocycles. The monoisotopic (exact) mass is 1510 g/mol. The van der Waals surface area contributed by atoms with Crippen molar-refractivity contribution >= 4 is 87.7 Å². The molecular formula is C72H111N21O15. The summed E-state index contributed by atoms with van der Waals surface area (Å²) in [6, 6.07) is 0.274. The third-order valence-corrected chi connectivity index (χ3v) is 18.8. The highest BCUT2D eigenvalue weighted by Crippen LogP contribution is 2.23. The van der Waals surface area contributed by atoms with Crippen LogP contribution in [0.2, 0.25) is 0 Å².